The lowest BCUT2D eigenvalue weighted by atomic mass is 9.98. The van der Waals surface area contributed by atoms with Crippen LogP contribution in [0.2, 0.25) is 0 Å². The van der Waals surface area contributed by atoms with Crippen LogP contribution in [0.25, 0.3) is 22.5 Å². The molecular formula is C27H20N2O2. The number of para-hydroxylation sites is 1. The van der Waals surface area contributed by atoms with Crippen LogP contribution in [0.4, 0.5) is 5.88 Å². The van der Waals surface area contributed by atoms with E-state index in [9.17, 15) is 10.4 Å². The largest absolute Gasteiger partial charge is 0.507 e. The van der Waals surface area contributed by atoms with E-state index in [4.69, 9.17) is 4.42 Å². The van der Waals surface area contributed by atoms with E-state index in [1.807, 2.05) is 72.8 Å². The van der Waals surface area contributed by atoms with E-state index < -0.39 is 0 Å². The Morgan fingerprint density at radius 2 is 1.61 bits per heavy atom. The molecule has 0 aliphatic carbocycles. The zero-order valence-electron chi connectivity index (χ0n) is 16.8. The minimum Gasteiger partial charge on any atom is -0.507 e. The first kappa shape index (κ1) is 19.9. The Kier molecular flexibility index (Phi) is 5.77. The highest BCUT2D eigenvalue weighted by Gasteiger charge is 2.22. The summed E-state index contributed by atoms with van der Waals surface area (Å²) in [6, 6.07) is 27.0. The van der Waals surface area contributed by atoms with Gasteiger partial charge in [-0.1, -0.05) is 78.9 Å². The maximum absolute atomic E-state index is 10.5. The number of hydrogen-bond donors (Lipinski definition) is 1. The summed E-state index contributed by atoms with van der Waals surface area (Å²) in [5, 5.41) is 20.4. The van der Waals surface area contributed by atoms with Crippen molar-refractivity contribution in [3.8, 4) is 34.3 Å². The third-order valence-corrected chi connectivity index (χ3v) is 4.94. The Balaban J connectivity index is 1.86. The normalized spacial score (nSPS) is 10.8. The van der Waals surface area contributed by atoms with Crippen LogP contribution in [0.15, 0.2) is 101 Å². The fraction of sp³-hybridized carbons (Fsp3) is 0.0370. The van der Waals surface area contributed by atoms with Crippen LogP contribution in [0, 0.1) is 11.3 Å². The second-order valence-electron chi connectivity index (χ2n) is 6.94. The van der Waals surface area contributed by atoms with Gasteiger partial charge in [0.1, 0.15) is 23.1 Å². The number of benzene rings is 3. The molecule has 0 saturated carbocycles. The molecule has 0 spiro atoms. The maximum Gasteiger partial charge on any atom is 0.238 e. The van der Waals surface area contributed by atoms with Gasteiger partial charge in [-0.3, -0.25) is 0 Å². The molecule has 0 amide bonds. The molecule has 0 unspecified atom stereocenters. The Labute approximate surface area is 181 Å². The van der Waals surface area contributed by atoms with Gasteiger partial charge >= 0.3 is 0 Å². The van der Waals surface area contributed by atoms with Gasteiger partial charge in [0.05, 0.1) is 0 Å². The number of nitrogens with zero attached hydrogens (tertiary/aromatic N) is 2. The van der Waals surface area contributed by atoms with Crippen molar-refractivity contribution in [3.63, 3.8) is 0 Å². The van der Waals surface area contributed by atoms with Crippen LogP contribution in [0.1, 0.15) is 16.7 Å². The van der Waals surface area contributed by atoms with Crippen LogP contribution in [-0.4, -0.2) is 11.3 Å². The molecule has 1 aromatic heterocycles. The van der Waals surface area contributed by atoms with Crippen molar-refractivity contribution in [2.45, 2.75) is 6.42 Å². The van der Waals surface area contributed by atoms with E-state index in [0.29, 0.717) is 28.9 Å². The predicted molar refractivity (Wildman–Crippen MR) is 124 cm³/mol. The molecule has 1 N–H and O–H groups in total. The molecule has 0 aliphatic heterocycles. The standard InChI is InChI=1S/C27H20N2O2/c1-2-10-20-15-9-16-22(25(20)30)18-29-27-23(17-28)24(19-11-5-3-6-12-19)26(31-27)21-13-7-4-8-14-21/h2-9,11-16,18,30H,1,10H2. The zero-order chi connectivity index (χ0) is 21.6. The molecule has 150 valence electrons. The van der Waals surface area contributed by atoms with Gasteiger partial charge in [-0.15, -0.1) is 6.58 Å². The van der Waals surface area contributed by atoms with Gasteiger partial charge in [-0.2, -0.15) is 5.26 Å². The van der Waals surface area contributed by atoms with Crippen molar-refractivity contribution < 1.29 is 9.52 Å². The third-order valence-electron chi connectivity index (χ3n) is 4.94. The Morgan fingerprint density at radius 3 is 2.26 bits per heavy atom. The first-order valence-corrected chi connectivity index (χ1v) is 9.86. The number of rotatable bonds is 6. The minimum atomic E-state index is 0.141. The third kappa shape index (κ3) is 4.03. The van der Waals surface area contributed by atoms with Gasteiger partial charge in [-0.25, -0.2) is 4.99 Å². The molecule has 0 saturated heterocycles. The van der Waals surface area contributed by atoms with Crippen molar-refractivity contribution in [2.24, 2.45) is 4.99 Å². The van der Waals surface area contributed by atoms with E-state index >= 15 is 0 Å². The van der Waals surface area contributed by atoms with Crippen molar-refractivity contribution in [1.29, 1.82) is 5.26 Å². The van der Waals surface area contributed by atoms with Gasteiger partial charge < -0.3 is 9.52 Å². The summed E-state index contributed by atoms with van der Waals surface area (Å²) in [4.78, 5) is 4.44. The Morgan fingerprint density at radius 1 is 0.935 bits per heavy atom. The Hall–Kier alpha value is -4.36. The van der Waals surface area contributed by atoms with Crippen LogP contribution < -0.4 is 0 Å². The average Bonchev–Trinajstić information content (AvgIpc) is 3.19. The summed E-state index contributed by atoms with van der Waals surface area (Å²) in [5.41, 5.74) is 4.08. The van der Waals surface area contributed by atoms with E-state index in [0.717, 1.165) is 16.7 Å². The summed E-state index contributed by atoms with van der Waals surface area (Å²) in [6.07, 6.45) is 3.80. The molecule has 0 radical (unpaired) electrons. The first-order valence-electron chi connectivity index (χ1n) is 9.86. The molecule has 0 aliphatic rings. The summed E-state index contributed by atoms with van der Waals surface area (Å²) < 4.78 is 6.10. The van der Waals surface area contributed by atoms with Gasteiger partial charge in [-0.05, 0) is 23.6 Å². The number of aliphatic imine (C=N–C) groups is 1. The van der Waals surface area contributed by atoms with E-state index in [1.165, 1.54) is 6.21 Å². The van der Waals surface area contributed by atoms with Gasteiger partial charge in [0.2, 0.25) is 5.88 Å². The number of nitriles is 1. The molecule has 3 aromatic carbocycles. The van der Waals surface area contributed by atoms with Gasteiger partial charge in [0, 0.05) is 22.9 Å². The lowest BCUT2D eigenvalue weighted by Crippen LogP contribution is -1.88. The molecule has 0 fully saturated rings. The van der Waals surface area contributed by atoms with Crippen molar-refractivity contribution in [3.05, 3.63) is 108 Å². The average molecular weight is 404 g/mol. The lowest BCUT2D eigenvalue weighted by Gasteiger charge is -2.04. The van der Waals surface area contributed by atoms with Crippen LogP contribution in [-0.2, 0) is 6.42 Å². The van der Waals surface area contributed by atoms with Crippen LogP contribution in [0.3, 0.4) is 0 Å². The highest BCUT2D eigenvalue weighted by atomic mass is 16.4. The zero-order valence-corrected chi connectivity index (χ0v) is 16.8. The minimum absolute atomic E-state index is 0.141. The number of aromatic hydroxyl groups is 1. The lowest BCUT2D eigenvalue weighted by molar-refractivity contribution is 0.469. The first-order chi connectivity index (χ1) is 15.2. The molecule has 4 aromatic rings. The summed E-state index contributed by atoms with van der Waals surface area (Å²) in [5.74, 6) is 0.927. The molecule has 4 nitrogen and oxygen atoms in total. The Bertz CT molecular complexity index is 1280. The molecule has 4 rings (SSSR count). The highest BCUT2D eigenvalue weighted by molar-refractivity contribution is 5.90. The number of phenols is 1. The summed E-state index contributed by atoms with van der Waals surface area (Å²) >= 11 is 0. The summed E-state index contributed by atoms with van der Waals surface area (Å²) in [7, 11) is 0. The maximum atomic E-state index is 10.5. The van der Waals surface area contributed by atoms with E-state index in [-0.39, 0.29) is 11.6 Å². The number of furan rings is 1. The van der Waals surface area contributed by atoms with Gasteiger partial charge in [0.25, 0.3) is 0 Å². The van der Waals surface area contributed by atoms with Crippen LogP contribution >= 0.6 is 0 Å². The fourth-order valence-corrected chi connectivity index (χ4v) is 3.45. The molecular weight excluding hydrogens is 384 g/mol. The van der Waals surface area contributed by atoms with Crippen LogP contribution in [0.5, 0.6) is 5.75 Å². The second-order valence-corrected chi connectivity index (χ2v) is 6.94. The number of allylic oxidation sites excluding steroid dienone is 1. The summed E-state index contributed by atoms with van der Waals surface area (Å²) in [6.45, 7) is 3.72. The monoisotopic (exact) mass is 404 g/mol. The molecule has 4 heteroatoms. The molecule has 0 atom stereocenters. The second kappa shape index (κ2) is 8.98. The quantitative estimate of drug-likeness (QED) is 0.288. The number of hydrogen-bond acceptors (Lipinski definition) is 4. The smallest absolute Gasteiger partial charge is 0.238 e. The van der Waals surface area contributed by atoms with Gasteiger partial charge in [0.15, 0.2) is 0 Å². The fourth-order valence-electron chi connectivity index (χ4n) is 3.45. The van der Waals surface area contributed by atoms with E-state index in [1.54, 1.807) is 12.1 Å². The molecule has 31 heavy (non-hydrogen) atoms. The number of phenolic OH excluding ortho intramolecular Hbond substituents is 1. The van der Waals surface area contributed by atoms with Crippen molar-refractivity contribution >= 4 is 12.1 Å². The van der Waals surface area contributed by atoms with E-state index in [2.05, 4.69) is 17.6 Å². The SMILES string of the molecule is C=CCc1cccc(C=Nc2oc(-c3ccccc3)c(-c3ccccc3)c2C#N)c1O. The topological polar surface area (TPSA) is 69.5 Å². The molecule has 1 heterocycles. The highest BCUT2D eigenvalue weighted by Crippen LogP contribution is 2.42. The van der Waals surface area contributed by atoms with Crippen molar-refractivity contribution in [1.82, 2.24) is 0 Å². The predicted octanol–water partition coefficient (Wildman–Crippen LogP) is 6.67. The van der Waals surface area contributed by atoms with Crippen molar-refractivity contribution in [2.75, 3.05) is 0 Å². The molecule has 0 bridgehead atoms.